The Morgan fingerprint density at radius 2 is 1.78 bits per heavy atom. The van der Waals surface area contributed by atoms with E-state index in [1.165, 1.54) is 0 Å². The Morgan fingerprint density at radius 1 is 1.09 bits per heavy atom. The van der Waals surface area contributed by atoms with Gasteiger partial charge in [0.1, 0.15) is 0 Å². The quantitative estimate of drug-likeness (QED) is 0.852. The number of anilines is 1. The van der Waals surface area contributed by atoms with E-state index in [1.54, 1.807) is 18.2 Å². The van der Waals surface area contributed by atoms with Gasteiger partial charge < -0.3 is 5.32 Å². The molecule has 0 fully saturated rings. The average Bonchev–Trinajstić information content (AvgIpc) is 2.49. The Bertz CT molecular complexity index is 787. The molecule has 0 atom stereocenters. The fourth-order valence-corrected chi connectivity index (χ4v) is 2.77. The van der Waals surface area contributed by atoms with Crippen LogP contribution in [-0.2, 0) is 16.4 Å². The van der Waals surface area contributed by atoms with Gasteiger partial charge in [0, 0.05) is 6.54 Å². The summed E-state index contributed by atoms with van der Waals surface area (Å²) in [4.78, 5) is 12.3. The molecule has 0 saturated carbocycles. The SMILES string of the molecule is Cc1ccc(NS(C)(=O)=O)c(C(=O)NCCc2ccccc2)c1. The molecular weight excluding hydrogens is 312 g/mol. The van der Waals surface area contributed by atoms with Crippen LogP contribution in [0.5, 0.6) is 0 Å². The van der Waals surface area contributed by atoms with Gasteiger partial charge in [-0.15, -0.1) is 0 Å². The zero-order chi connectivity index (χ0) is 16.9. The van der Waals surface area contributed by atoms with Crippen molar-refractivity contribution in [3.63, 3.8) is 0 Å². The average molecular weight is 332 g/mol. The van der Waals surface area contributed by atoms with Gasteiger partial charge in [-0.3, -0.25) is 9.52 Å². The fraction of sp³-hybridized carbons (Fsp3) is 0.235. The molecule has 122 valence electrons. The largest absolute Gasteiger partial charge is 0.352 e. The van der Waals surface area contributed by atoms with Crippen LogP contribution in [0.1, 0.15) is 21.5 Å². The number of amides is 1. The predicted molar refractivity (Wildman–Crippen MR) is 92.1 cm³/mol. The van der Waals surface area contributed by atoms with Gasteiger partial charge in [0.25, 0.3) is 5.91 Å². The molecule has 5 nitrogen and oxygen atoms in total. The lowest BCUT2D eigenvalue weighted by molar-refractivity contribution is 0.0955. The van der Waals surface area contributed by atoms with Crippen molar-refractivity contribution in [2.75, 3.05) is 17.5 Å². The summed E-state index contributed by atoms with van der Waals surface area (Å²) in [5, 5.41) is 2.83. The van der Waals surface area contributed by atoms with Crippen LogP contribution in [0.25, 0.3) is 0 Å². The summed E-state index contributed by atoms with van der Waals surface area (Å²) in [7, 11) is -3.44. The molecule has 0 aliphatic rings. The number of carbonyl (C=O) groups is 1. The van der Waals surface area contributed by atoms with Gasteiger partial charge in [-0.05, 0) is 31.0 Å². The zero-order valence-corrected chi connectivity index (χ0v) is 14.0. The second-order valence-corrected chi connectivity index (χ2v) is 7.16. The molecule has 2 aromatic carbocycles. The van der Waals surface area contributed by atoms with Crippen molar-refractivity contribution in [1.82, 2.24) is 5.32 Å². The molecular formula is C17H20N2O3S. The molecule has 0 bridgehead atoms. The van der Waals surface area contributed by atoms with Crippen LogP contribution in [0.3, 0.4) is 0 Å². The maximum atomic E-state index is 12.3. The summed E-state index contributed by atoms with van der Waals surface area (Å²) in [6.45, 7) is 2.33. The molecule has 2 N–H and O–H groups in total. The molecule has 0 radical (unpaired) electrons. The first-order valence-corrected chi connectivity index (χ1v) is 9.15. The molecule has 0 aromatic heterocycles. The third kappa shape index (κ3) is 5.41. The molecule has 1 amide bonds. The number of hydrogen-bond acceptors (Lipinski definition) is 3. The van der Waals surface area contributed by atoms with Crippen molar-refractivity contribution < 1.29 is 13.2 Å². The number of hydrogen-bond donors (Lipinski definition) is 2. The van der Waals surface area contributed by atoms with E-state index in [0.717, 1.165) is 17.4 Å². The van der Waals surface area contributed by atoms with Crippen molar-refractivity contribution in [1.29, 1.82) is 0 Å². The lowest BCUT2D eigenvalue weighted by Crippen LogP contribution is -2.27. The molecule has 2 rings (SSSR count). The van der Waals surface area contributed by atoms with Gasteiger partial charge in [-0.25, -0.2) is 8.42 Å². The minimum absolute atomic E-state index is 0.287. The molecule has 6 heteroatoms. The maximum absolute atomic E-state index is 12.3. The summed E-state index contributed by atoms with van der Waals surface area (Å²) in [5.74, 6) is -0.296. The van der Waals surface area contributed by atoms with E-state index in [2.05, 4.69) is 10.0 Å². The summed E-state index contributed by atoms with van der Waals surface area (Å²) >= 11 is 0. The van der Waals surface area contributed by atoms with Gasteiger partial charge in [0.15, 0.2) is 0 Å². The standard InChI is InChI=1S/C17H20N2O3S/c1-13-8-9-16(19-23(2,21)22)15(12-13)17(20)18-11-10-14-6-4-3-5-7-14/h3-9,12,19H,10-11H2,1-2H3,(H,18,20). The van der Waals surface area contributed by atoms with E-state index in [1.807, 2.05) is 37.3 Å². The summed E-state index contributed by atoms with van der Waals surface area (Å²) in [5.41, 5.74) is 2.63. The van der Waals surface area contributed by atoms with Crippen molar-refractivity contribution in [2.24, 2.45) is 0 Å². The highest BCUT2D eigenvalue weighted by Crippen LogP contribution is 2.18. The van der Waals surface area contributed by atoms with Crippen LogP contribution in [0, 0.1) is 6.92 Å². The zero-order valence-electron chi connectivity index (χ0n) is 13.2. The minimum Gasteiger partial charge on any atom is -0.352 e. The number of benzene rings is 2. The molecule has 0 aliphatic carbocycles. The van der Waals surface area contributed by atoms with Gasteiger partial charge >= 0.3 is 0 Å². The van der Waals surface area contributed by atoms with Crippen molar-refractivity contribution >= 4 is 21.6 Å². The third-order valence-electron chi connectivity index (χ3n) is 3.26. The van der Waals surface area contributed by atoms with Crippen molar-refractivity contribution in [3.05, 3.63) is 65.2 Å². The van der Waals surface area contributed by atoms with Crippen LogP contribution in [0.4, 0.5) is 5.69 Å². The predicted octanol–water partition coefficient (Wildman–Crippen LogP) is 2.34. The Kier molecular flexibility index (Phi) is 5.39. The monoisotopic (exact) mass is 332 g/mol. The van der Waals surface area contributed by atoms with Crippen LogP contribution in [0.15, 0.2) is 48.5 Å². The van der Waals surface area contributed by atoms with E-state index >= 15 is 0 Å². The van der Waals surface area contributed by atoms with Crippen LogP contribution >= 0.6 is 0 Å². The van der Waals surface area contributed by atoms with Crippen molar-refractivity contribution in [3.8, 4) is 0 Å². The topological polar surface area (TPSA) is 75.3 Å². The van der Waals surface area contributed by atoms with E-state index in [4.69, 9.17) is 0 Å². The smallest absolute Gasteiger partial charge is 0.253 e. The second-order valence-electron chi connectivity index (χ2n) is 5.41. The van der Waals surface area contributed by atoms with E-state index in [-0.39, 0.29) is 11.6 Å². The van der Waals surface area contributed by atoms with Gasteiger partial charge in [-0.1, -0.05) is 42.0 Å². The van der Waals surface area contributed by atoms with Crippen LogP contribution in [-0.4, -0.2) is 27.1 Å². The van der Waals surface area contributed by atoms with Gasteiger partial charge in [-0.2, -0.15) is 0 Å². The van der Waals surface area contributed by atoms with E-state index in [0.29, 0.717) is 18.5 Å². The Labute approximate surface area is 136 Å². The maximum Gasteiger partial charge on any atom is 0.253 e. The minimum atomic E-state index is -3.44. The first-order chi connectivity index (χ1) is 10.8. The molecule has 23 heavy (non-hydrogen) atoms. The van der Waals surface area contributed by atoms with Gasteiger partial charge in [0.05, 0.1) is 17.5 Å². The molecule has 0 saturated heterocycles. The lowest BCUT2D eigenvalue weighted by Gasteiger charge is -2.12. The fourth-order valence-electron chi connectivity index (χ4n) is 2.19. The summed E-state index contributed by atoms with van der Waals surface area (Å²) in [6.07, 6.45) is 1.77. The van der Waals surface area contributed by atoms with Gasteiger partial charge in [0.2, 0.25) is 10.0 Å². The Morgan fingerprint density at radius 3 is 2.43 bits per heavy atom. The van der Waals surface area contributed by atoms with Crippen LogP contribution < -0.4 is 10.0 Å². The lowest BCUT2D eigenvalue weighted by atomic mass is 10.1. The number of nitrogens with one attached hydrogen (secondary N) is 2. The highest BCUT2D eigenvalue weighted by Gasteiger charge is 2.14. The number of rotatable bonds is 6. The van der Waals surface area contributed by atoms with Crippen molar-refractivity contribution in [2.45, 2.75) is 13.3 Å². The number of carbonyl (C=O) groups excluding carboxylic acids is 1. The number of sulfonamides is 1. The molecule has 0 aliphatic heterocycles. The Hall–Kier alpha value is -2.34. The summed E-state index contributed by atoms with van der Waals surface area (Å²) in [6, 6.07) is 14.9. The van der Waals surface area contributed by atoms with E-state index < -0.39 is 10.0 Å². The molecule has 0 unspecified atom stereocenters. The Balaban J connectivity index is 2.07. The second kappa shape index (κ2) is 7.28. The molecule has 2 aromatic rings. The summed E-state index contributed by atoms with van der Waals surface area (Å²) < 4.78 is 25.2. The first kappa shape index (κ1) is 17.0. The van der Waals surface area contributed by atoms with E-state index in [9.17, 15) is 13.2 Å². The number of aryl methyl sites for hydroxylation is 1. The molecule has 0 spiro atoms. The highest BCUT2D eigenvalue weighted by atomic mass is 32.2. The third-order valence-corrected chi connectivity index (χ3v) is 3.85. The highest BCUT2D eigenvalue weighted by molar-refractivity contribution is 7.92. The normalized spacial score (nSPS) is 11.0. The first-order valence-electron chi connectivity index (χ1n) is 7.26. The van der Waals surface area contributed by atoms with Crippen LogP contribution in [0.2, 0.25) is 0 Å². The molecule has 0 heterocycles.